The molecule has 1 rings (SSSR count). The summed E-state index contributed by atoms with van der Waals surface area (Å²) >= 11 is 0. The molecule has 0 aliphatic heterocycles. The summed E-state index contributed by atoms with van der Waals surface area (Å²) in [6.07, 6.45) is 0. The highest BCUT2D eigenvalue weighted by molar-refractivity contribution is 6.40. The van der Waals surface area contributed by atoms with Gasteiger partial charge < -0.3 is 5.11 Å². The monoisotopic (exact) mass is 182 g/mol. The summed E-state index contributed by atoms with van der Waals surface area (Å²) in [7, 11) is 0. The molecular weight excluding hydrogens is 175 g/mol. The number of hydrogen-bond acceptors (Lipinski definition) is 2. The molecule has 13 heavy (non-hydrogen) atoms. The summed E-state index contributed by atoms with van der Waals surface area (Å²) in [5, 5.41) is 8.38. The molecular formula is C9H7FO3. The number of aliphatic carboxylic acids is 1. The molecule has 0 amide bonds. The maximum atomic E-state index is 12.3. The van der Waals surface area contributed by atoms with E-state index in [-0.39, 0.29) is 11.1 Å². The number of benzene rings is 1. The van der Waals surface area contributed by atoms with Crippen LogP contribution in [0, 0.1) is 0 Å². The van der Waals surface area contributed by atoms with Crippen molar-refractivity contribution in [3.05, 3.63) is 35.4 Å². The van der Waals surface area contributed by atoms with Crippen LogP contribution in [0.1, 0.15) is 15.9 Å². The number of rotatable bonds is 3. The fraction of sp³-hybridized carbons (Fsp3) is 0.111. The summed E-state index contributed by atoms with van der Waals surface area (Å²) in [4.78, 5) is 21.3. The average Bonchev–Trinajstić information content (AvgIpc) is 2.16. The van der Waals surface area contributed by atoms with Gasteiger partial charge in [-0.1, -0.05) is 24.3 Å². The molecule has 1 aromatic carbocycles. The lowest BCUT2D eigenvalue weighted by molar-refractivity contribution is -0.131. The Morgan fingerprint density at radius 3 is 2.46 bits per heavy atom. The summed E-state index contributed by atoms with van der Waals surface area (Å²) in [5.74, 6) is -2.64. The van der Waals surface area contributed by atoms with Gasteiger partial charge in [0.2, 0.25) is 0 Å². The van der Waals surface area contributed by atoms with Crippen LogP contribution in [0.3, 0.4) is 0 Å². The first-order valence-corrected chi connectivity index (χ1v) is 3.58. The number of carboxylic acid groups (broad SMARTS) is 1. The molecule has 0 saturated carbocycles. The van der Waals surface area contributed by atoms with E-state index in [1.54, 1.807) is 6.07 Å². The third kappa shape index (κ3) is 1.90. The zero-order valence-corrected chi connectivity index (χ0v) is 6.66. The second-order valence-electron chi connectivity index (χ2n) is 2.43. The van der Waals surface area contributed by atoms with Crippen LogP contribution < -0.4 is 0 Å². The Balaban J connectivity index is 3.13. The Morgan fingerprint density at radius 2 is 1.92 bits per heavy atom. The van der Waals surface area contributed by atoms with Crippen molar-refractivity contribution in [2.24, 2.45) is 0 Å². The number of halogens is 1. The average molecular weight is 182 g/mol. The Kier molecular flexibility index (Phi) is 2.74. The number of carboxylic acids is 1. The van der Waals surface area contributed by atoms with E-state index in [0.717, 1.165) is 0 Å². The molecule has 68 valence electrons. The maximum Gasteiger partial charge on any atom is 0.377 e. The molecule has 0 aliphatic carbocycles. The van der Waals surface area contributed by atoms with Gasteiger partial charge in [0.05, 0.1) is 0 Å². The number of carbonyl (C=O) groups is 2. The summed E-state index contributed by atoms with van der Waals surface area (Å²) in [6.45, 7) is -0.838. The first-order chi connectivity index (χ1) is 6.16. The molecule has 0 fully saturated rings. The second-order valence-corrected chi connectivity index (χ2v) is 2.43. The van der Waals surface area contributed by atoms with Crippen molar-refractivity contribution in [1.82, 2.24) is 0 Å². The van der Waals surface area contributed by atoms with Crippen molar-refractivity contribution in [3.8, 4) is 0 Å². The molecule has 0 aliphatic rings. The molecule has 0 heterocycles. The van der Waals surface area contributed by atoms with Crippen LogP contribution in [0.5, 0.6) is 0 Å². The standard InChI is InChI=1S/C9H7FO3/c10-5-6-3-1-2-4-7(6)8(11)9(12)13/h1-4H,5H2,(H,12,13). The van der Waals surface area contributed by atoms with Crippen molar-refractivity contribution in [1.29, 1.82) is 0 Å². The van der Waals surface area contributed by atoms with Crippen molar-refractivity contribution in [2.45, 2.75) is 6.67 Å². The third-order valence-corrected chi connectivity index (χ3v) is 1.60. The molecule has 3 nitrogen and oxygen atoms in total. The van der Waals surface area contributed by atoms with Gasteiger partial charge in [-0.2, -0.15) is 0 Å². The van der Waals surface area contributed by atoms with E-state index in [1.165, 1.54) is 18.2 Å². The fourth-order valence-electron chi connectivity index (χ4n) is 0.974. The molecule has 1 N–H and O–H groups in total. The van der Waals surface area contributed by atoms with Gasteiger partial charge in [-0.25, -0.2) is 9.18 Å². The lowest BCUT2D eigenvalue weighted by Crippen LogP contribution is -2.14. The van der Waals surface area contributed by atoms with Crippen LogP contribution >= 0.6 is 0 Å². The molecule has 0 unspecified atom stereocenters. The van der Waals surface area contributed by atoms with Gasteiger partial charge in [0, 0.05) is 5.56 Å². The largest absolute Gasteiger partial charge is 0.475 e. The Bertz CT molecular complexity index is 346. The van der Waals surface area contributed by atoms with Gasteiger partial charge in [0.25, 0.3) is 5.78 Å². The number of Topliss-reactive ketones (excluding diaryl/α,β-unsaturated/α-hetero) is 1. The lowest BCUT2D eigenvalue weighted by Gasteiger charge is -2.00. The van der Waals surface area contributed by atoms with Crippen LogP contribution in [-0.4, -0.2) is 16.9 Å². The molecule has 4 heteroatoms. The summed E-state index contributed by atoms with van der Waals surface area (Å²) in [5.41, 5.74) is 0.0207. The van der Waals surface area contributed by atoms with E-state index in [0.29, 0.717) is 0 Å². The normalized spacial score (nSPS) is 9.62. The Morgan fingerprint density at radius 1 is 1.31 bits per heavy atom. The van der Waals surface area contributed by atoms with Gasteiger partial charge in [0.15, 0.2) is 0 Å². The van der Waals surface area contributed by atoms with Crippen LogP contribution in [0.4, 0.5) is 4.39 Å². The van der Waals surface area contributed by atoms with E-state index in [9.17, 15) is 14.0 Å². The maximum absolute atomic E-state index is 12.3. The minimum Gasteiger partial charge on any atom is -0.475 e. The van der Waals surface area contributed by atoms with Crippen molar-refractivity contribution in [2.75, 3.05) is 0 Å². The van der Waals surface area contributed by atoms with Crippen LogP contribution in [0.25, 0.3) is 0 Å². The van der Waals surface area contributed by atoms with Gasteiger partial charge in [-0.05, 0) is 5.56 Å². The minimum atomic E-state index is -1.57. The zero-order valence-electron chi connectivity index (χ0n) is 6.66. The Labute approximate surface area is 73.8 Å². The van der Waals surface area contributed by atoms with Gasteiger partial charge >= 0.3 is 5.97 Å². The van der Waals surface area contributed by atoms with E-state index in [2.05, 4.69) is 0 Å². The molecule has 0 radical (unpaired) electrons. The highest BCUT2D eigenvalue weighted by Gasteiger charge is 2.17. The number of ketones is 1. The van der Waals surface area contributed by atoms with E-state index in [4.69, 9.17) is 5.11 Å². The highest BCUT2D eigenvalue weighted by atomic mass is 19.1. The van der Waals surface area contributed by atoms with Crippen LogP contribution in [0.2, 0.25) is 0 Å². The summed E-state index contributed by atoms with van der Waals surface area (Å²) < 4.78 is 12.3. The predicted molar refractivity (Wildman–Crippen MR) is 43.2 cm³/mol. The van der Waals surface area contributed by atoms with E-state index >= 15 is 0 Å². The summed E-state index contributed by atoms with van der Waals surface area (Å²) in [6, 6.07) is 5.73. The smallest absolute Gasteiger partial charge is 0.377 e. The molecule has 0 saturated heterocycles. The number of hydrogen-bond donors (Lipinski definition) is 1. The van der Waals surface area contributed by atoms with Crippen LogP contribution in [0.15, 0.2) is 24.3 Å². The third-order valence-electron chi connectivity index (χ3n) is 1.60. The quantitative estimate of drug-likeness (QED) is 0.568. The second kappa shape index (κ2) is 3.80. The van der Waals surface area contributed by atoms with Crippen molar-refractivity contribution < 1.29 is 19.1 Å². The first-order valence-electron chi connectivity index (χ1n) is 3.58. The molecule has 0 spiro atoms. The molecule has 0 aromatic heterocycles. The van der Waals surface area contributed by atoms with E-state index in [1.807, 2.05) is 0 Å². The highest BCUT2D eigenvalue weighted by Crippen LogP contribution is 2.10. The number of carbonyl (C=O) groups excluding carboxylic acids is 1. The van der Waals surface area contributed by atoms with Crippen molar-refractivity contribution in [3.63, 3.8) is 0 Å². The van der Waals surface area contributed by atoms with Gasteiger partial charge in [-0.3, -0.25) is 4.79 Å². The lowest BCUT2D eigenvalue weighted by atomic mass is 10.0. The minimum absolute atomic E-state index is 0.0856. The van der Waals surface area contributed by atoms with Gasteiger partial charge in [-0.15, -0.1) is 0 Å². The first kappa shape index (κ1) is 9.38. The van der Waals surface area contributed by atoms with Crippen molar-refractivity contribution >= 4 is 11.8 Å². The van der Waals surface area contributed by atoms with Crippen LogP contribution in [-0.2, 0) is 11.5 Å². The molecule has 0 atom stereocenters. The Hall–Kier alpha value is -1.71. The molecule has 0 bridgehead atoms. The zero-order chi connectivity index (χ0) is 9.84. The van der Waals surface area contributed by atoms with Gasteiger partial charge in [0.1, 0.15) is 6.67 Å². The molecule has 1 aromatic rings. The fourth-order valence-corrected chi connectivity index (χ4v) is 0.974. The topological polar surface area (TPSA) is 54.4 Å². The number of alkyl halides is 1. The SMILES string of the molecule is O=C(O)C(=O)c1ccccc1CF. The predicted octanol–water partition coefficient (Wildman–Crippen LogP) is 1.42. The van der Waals surface area contributed by atoms with E-state index < -0.39 is 18.4 Å².